The lowest BCUT2D eigenvalue weighted by atomic mass is 10.1. The molecule has 0 saturated heterocycles. The summed E-state index contributed by atoms with van der Waals surface area (Å²) in [4.78, 5) is 0. The Hall–Kier alpha value is -0.780. The van der Waals surface area contributed by atoms with E-state index < -0.39 is 0 Å². The van der Waals surface area contributed by atoms with E-state index in [1.54, 1.807) is 0 Å². The lowest BCUT2D eigenvalue weighted by molar-refractivity contribution is 1.17. The second kappa shape index (κ2) is 4.95. The molecule has 0 rings (SSSR count). The average molecular weight is 150 g/mol. The molecule has 0 aliphatic heterocycles. The second-order valence-corrected chi connectivity index (χ2v) is 3.01. The van der Waals surface area contributed by atoms with Crippen LogP contribution in [0.15, 0.2) is 35.5 Å². The molecule has 0 N–H and O–H groups in total. The molecule has 0 heteroatoms. The van der Waals surface area contributed by atoms with Gasteiger partial charge in [-0.15, -0.1) is 0 Å². The van der Waals surface area contributed by atoms with Gasteiger partial charge in [-0.1, -0.05) is 35.5 Å². The van der Waals surface area contributed by atoms with E-state index in [4.69, 9.17) is 0 Å². The fraction of sp³-hybridized carbons (Fsp3) is 0.455. The summed E-state index contributed by atoms with van der Waals surface area (Å²) < 4.78 is 0. The molecule has 0 nitrogen and oxygen atoms in total. The zero-order valence-electron chi connectivity index (χ0n) is 8.07. The van der Waals surface area contributed by atoms with Crippen molar-refractivity contribution < 1.29 is 0 Å². The van der Waals surface area contributed by atoms with E-state index in [0.717, 1.165) is 12.0 Å². The fourth-order valence-electron chi connectivity index (χ4n) is 0.606. The molecule has 11 heavy (non-hydrogen) atoms. The van der Waals surface area contributed by atoms with E-state index in [-0.39, 0.29) is 0 Å². The molecule has 0 bridgehead atoms. The Kier molecular flexibility index (Phi) is 4.60. The van der Waals surface area contributed by atoms with Crippen molar-refractivity contribution in [1.29, 1.82) is 0 Å². The Labute approximate surface area is 70.3 Å². The normalized spacial score (nSPS) is 13.5. The van der Waals surface area contributed by atoms with Gasteiger partial charge in [-0.2, -0.15) is 0 Å². The van der Waals surface area contributed by atoms with Crippen molar-refractivity contribution in [3.8, 4) is 0 Å². The first-order valence-electron chi connectivity index (χ1n) is 4.02. The molecule has 0 fully saturated rings. The third-order valence-corrected chi connectivity index (χ3v) is 1.90. The molecule has 0 amide bonds. The fourth-order valence-corrected chi connectivity index (χ4v) is 0.606. The predicted octanol–water partition coefficient (Wildman–Crippen LogP) is 3.87. The lowest BCUT2D eigenvalue weighted by Crippen LogP contribution is -1.78. The topological polar surface area (TPSA) is 0 Å². The molecule has 0 aromatic heterocycles. The van der Waals surface area contributed by atoms with Gasteiger partial charge in [-0.25, -0.2) is 0 Å². The van der Waals surface area contributed by atoms with Crippen LogP contribution in [0.5, 0.6) is 0 Å². The van der Waals surface area contributed by atoms with E-state index in [9.17, 15) is 0 Å². The minimum Gasteiger partial charge on any atom is -0.0959 e. The van der Waals surface area contributed by atoms with E-state index in [2.05, 4.69) is 39.5 Å². The van der Waals surface area contributed by atoms with Gasteiger partial charge in [0.25, 0.3) is 0 Å². The Morgan fingerprint density at radius 3 is 2.18 bits per heavy atom. The van der Waals surface area contributed by atoms with Crippen molar-refractivity contribution >= 4 is 0 Å². The SMILES string of the molecule is C=C(C)C(C)=CCC(C)=CC. The maximum absolute atomic E-state index is 3.87. The summed E-state index contributed by atoms with van der Waals surface area (Å²) in [6.07, 6.45) is 5.41. The standard InChI is InChI=1S/C11H18/c1-6-10(4)7-8-11(5)9(2)3/h6,8H,2,7H2,1,3-5H3. The van der Waals surface area contributed by atoms with Gasteiger partial charge in [0.1, 0.15) is 0 Å². The monoisotopic (exact) mass is 150 g/mol. The van der Waals surface area contributed by atoms with Crippen LogP contribution in [-0.2, 0) is 0 Å². The minimum atomic E-state index is 1.05. The quantitative estimate of drug-likeness (QED) is 0.423. The molecule has 0 aliphatic rings. The van der Waals surface area contributed by atoms with Crippen molar-refractivity contribution in [2.24, 2.45) is 0 Å². The molecule has 0 spiro atoms. The highest BCUT2D eigenvalue weighted by atomic mass is 13.9. The summed E-state index contributed by atoms with van der Waals surface area (Å²) in [5.41, 5.74) is 3.87. The zero-order valence-corrected chi connectivity index (χ0v) is 8.07. The van der Waals surface area contributed by atoms with Crippen molar-refractivity contribution in [1.82, 2.24) is 0 Å². The maximum Gasteiger partial charge on any atom is -0.0136 e. The molecule has 0 aromatic carbocycles. The van der Waals surface area contributed by atoms with Crippen LogP contribution in [0.2, 0.25) is 0 Å². The molecule has 0 radical (unpaired) electrons. The average Bonchev–Trinajstić information content (AvgIpc) is 1.99. The number of rotatable bonds is 3. The highest BCUT2D eigenvalue weighted by molar-refractivity contribution is 5.25. The van der Waals surface area contributed by atoms with Crippen LogP contribution in [0.25, 0.3) is 0 Å². The van der Waals surface area contributed by atoms with Crippen molar-refractivity contribution in [3.63, 3.8) is 0 Å². The molecule has 0 heterocycles. The van der Waals surface area contributed by atoms with E-state index >= 15 is 0 Å². The number of hydrogen-bond acceptors (Lipinski definition) is 0. The predicted molar refractivity (Wildman–Crippen MR) is 52.6 cm³/mol. The Balaban J connectivity index is 4.03. The number of allylic oxidation sites excluding steroid dienone is 5. The third-order valence-electron chi connectivity index (χ3n) is 1.90. The van der Waals surface area contributed by atoms with Gasteiger partial charge in [0.05, 0.1) is 0 Å². The van der Waals surface area contributed by atoms with Gasteiger partial charge < -0.3 is 0 Å². The molecule has 0 saturated carbocycles. The van der Waals surface area contributed by atoms with Crippen molar-refractivity contribution in [2.45, 2.75) is 34.1 Å². The Morgan fingerprint density at radius 1 is 1.27 bits per heavy atom. The molecule has 0 aromatic rings. The van der Waals surface area contributed by atoms with Crippen molar-refractivity contribution in [3.05, 3.63) is 35.5 Å². The zero-order chi connectivity index (χ0) is 8.85. The molecular weight excluding hydrogens is 132 g/mol. The molecule has 0 unspecified atom stereocenters. The smallest absolute Gasteiger partial charge is 0.0136 e. The summed E-state index contributed by atoms with van der Waals surface area (Å²) in [6.45, 7) is 12.2. The molecular formula is C11H18. The third kappa shape index (κ3) is 4.60. The van der Waals surface area contributed by atoms with E-state index in [1.165, 1.54) is 11.1 Å². The van der Waals surface area contributed by atoms with Crippen LogP contribution in [0.4, 0.5) is 0 Å². The van der Waals surface area contributed by atoms with Crippen LogP contribution < -0.4 is 0 Å². The van der Waals surface area contributed by atoms with Crippen LogP contribution in [0.1, 0.15) is 34.1 Å². The summed E-state index contributed by atoms with van der Waals surface area (Å²) >= 11 is 0. The second-order valence-electron chi connectivity index (χ2n) is 3.01. The summed E-state index contributed by atoms with van der Waals surface area (Å²) in [7, 11) is 0. The van der Waals surface area contributed by atoms with Crippen LogP contribution in [0, 0.1) is 0 Å². The summed E-state index contributed by atoms with van der Waals surface area (Å²) in [5.74, 6) is 0. The van der Waals surface area contributed by atoms with E-state index in [1.807, 2.05) is 6.92 Å². The van der Waals surface area contributed by atoms with Crippen LogP contribution >= 0.6 is 0 Å². The highest BCUT2D eigenvalue weighted by Gasteiger charge is 1.88. The van der Waals surface area contributed by atoms with Gasteiger partial charge in [-0.05, 0) is 34.1 Å². The van der Waals surface area contributed by atoms with Crippen LogP contribution in [0.3, 0.4) is 0 Å². The molecule has 0 aliphatic carbocycles. The first-order valence-corrected chi connectivity index (χ1v) is 4.02. The summed E-state index contributed by atoms with van der Waals surface area (Å²) in [6, 6.07) is 0. The first kappa shape index (κ1) is 10.2. The lowest BCUT2D eigenvalue weighted by Gasteiger charge is -1.98. The first-order chi connectivity index (χ1) is 5.07. The van der Waals surface area contributed by atoms with Gasteiger partial charge in [0, 0.05) is 0 Å². The Morgan fingerprint density at radius 2 is 1.82 bits per heavy atom. The molecule has 0 atom stereocenters. The van der Waals surface area contributed by atoms with E-state index in [0.29, 0.717) is 0 Å². The van der Waals surface area contributed by atoms with Gasteiger partial charge in [0.15, 0.2) is 0 Å². The van der Waals surface area contributed by atoms with Crippen molar-refractivity contribution in [2.75, 3.05) is 0 Å². The Bertz CT molecular complexity index is 192. The van der Waals surface area contributed by atoms with Gasteiger partial charge in [0.2, 0.25) is 0 Å². The molecule has 62 valence electrons. The summed E-state index contributed by atoms with van der Waals surface area (Å²) in [5, 5.41) is 0. The maximum atomic E-state index is 3.87. The van der Waals surface area contributed by atoms with Crippen LogP contribution in [-0.4, -0.2) is 0 Å². The van der Waals surface area contributed by atoms with Gasteiger partial charge in [-0.3, -0.25) is 0 Å². The largest absolute Gasteiger partial charge is 0.0959 e. The number of hydrogen-bond donors (Lipinski definition) is 0. The highest BCUT2D eigenvalue weighted by Crippen LogP contribution is 2.09. The van der Waals surface area contributed by atoms with Gasteiger partial charge >= 0.3 is 0 Å². The minimum absolute atomic E-state index is 1.05.